The smallest absolute Gasteiger partial charge is 0.250 e. The molecule has 1 N–H and O–H groups in total. The third-order valence-electron chi connectivity index (χ3n) is 3.79. The Hall–Kier alpha value is -2.02. The summed E-state index contributed by atoms with van der Waals surface area (Å²) in [4.78, 5) is 12.2. The zero-order chi connectivity index (χ0) is 15.7. The number of methoxy groups -OCH3 is 1. The molecule has 1 saturated heterocycles. The molecule has 1 fully saturated rings. The fourth-order valence-electron chi connectivity index (χ4n) is 2.60. The van der Waals surface area contributed by atoms with Gasteiger partial charge in [-0.15, -0.1) is 0 Å². The molecule has 22 heavy (non-hydrogen) atoms. The second-order valence-electron chi connectivity index (χ2n) is 5.44. The number of nitrogens with one attached hydrogen (secondary N) is 1. The standard InChI is InChI=1S/C15H17NO5S/c1-20-13-2-3-14-10(7-13)6-11(8-21-14)15(17)16-12-4-5-22(18,19)9-12/h2-3,6-7,12H,4-5,8-9H2,1H3,(H,16,17)/t12-/m0/s1. The van der Waals surface area contributed by atoms with E-state index in [0.29, 0.717) is 23.5 Å². The third kappa shape index (κ3) is 3.09. The summed E-state index contributed by atoms with van der Waals surface area (Å²) in [7, 11) is -1.44. The van der Waals surface area contributed by atoms with Gasteiger partial charge in [-0.3, -0.25) is 4.79 Å². The first-order valence-electron chi connectivity index (χ1n) is 6.99. The third-order valence-corrected chi connectivity index (χ3v) is 5.56. The molecule has 6 nitrogen and oxygen atoms in total. The van der Waals surface area contributed by atoms with Crippen LogP contribution in [-0.4, -0.2) is 45.6 Å². The Labute approximate surface area is 129 Å². The number of hydrogen-bond acceptors (Lipinski definition) is 5. The lowest BCUT2D eigenvalue weighted by atomic mass is 10.1. The maximum absolute atomic E-state index is 12.2. The zero-order valence-electron chi connectivity index (χ0n) is 12.2. The van der Waals surface area contributed by atoms with Crippen LogP contribution in [0, 0.1) is 0 Å². The minimum Gasteiger partial charge on any atom is -0.497 e. The fourth-order valence-corrected chi connectivity index (χ4v) is 4.27. The number of ether oxygens (including phenoxy) is 2. The second-order valence-corrected chi connectivity index (χ2v) is 7.66. The summed E-state index contributed by atoms with van der Waals surface area (Å²) in [5.74, 6) is 1.24. The van der Waals surface area contributed by atoms with Crippen molar-refractivity contribution in [2.24, 2.45) is 0 Å². The van der Waals surface area contributed by atoms with Crippen LogP contribution in [0.5, 0.6) is 11.5 Å². The molecule has 118 valence electrons. The van der Waals surface area contributed by atoms with Gasteiger partial charge in [0.05, 0.1) is 24.2 Å². The Morgan fingerprint density at radius 3 is 2.91 bits per heavy atom. The van der Waals surface area contributed by atoms with Crippen LogP contribution in [-0.2, 0) is 14.6 Å². The molecule has 7 heteroatoms. The van der Waals surface area contributed by atoms with Crippen LogP contribution >= 0.6 is 0 Å². The van der Waals surface area contributed by atoms with Crippen molar-refractivity contribution >= 4 is 21.8 Å². The molecule has 3 rings (SSSR count). The van der Waals surface area contributed by atoms with Crippen LogP contribution in [0.15, 0.2) is 23.8 Å². The van der Waals surface area contributed by atoms with Crippen molar-refractivity contribution in [3.05, 3.63) is 29.3 Å². The molecule has 1 amide bonds. The lowest BCUT2D eigenvalue weighted by Crippen LogP contribution is -2.38. The maximum Gasteiger partial charge on any atom is 0.250 e. The Morgan fingerprint density at radius 2 is 2.23 bits per heavy atom. The first-order chi connectivity index (χ1) is 10.5. The van der Waals surface area contributed by atoms with Gasteiger partial charge in [-0.2, -0.15) is 0 Å². The van der Waals surface area contributed by atoms with Gasteiger partial charge in [0, 0.05) is 11.6 Å². The quantitative estimate of drug-likeness (QED) is 0.889. The summed E-state index contributed by atoms with van der Waals surface area (Å²) in [6.07, 6.45) is 2.22. The van der Waals surface area contributed by atoms with Crippen LogP contribution in [0.25, 0.3) is 6.08 Å². The van der Waals surface area contributed by atoms with E-state index in [4.69, 9.17) is 9.47 Å². The van der Waals surface area contributed by atoms with Crippen molar-refractivity contribution < 1.29 is 22.7 Å². The molecule has 0 saturated carbocycles. The van der Waals surface area contributed by atoms with E-state index in [0.717, 1.165) is 5.56 Å². The number of carbonyl (C=O) groups excluding carboxylic acids is 1. The highest BCUT2D eigenvalue weighted by Crippen LogP contribution is 2.30. The molecule has 2 aliphatic rings. The van der Waals surface area contributed by atoms with Crippen molar-refractivity contribution in [3.8, 4) is 11.5 Å². The van der Waals surface area contributed by atoms with Crippen LogP contribution in [0.3, 0.4) is 0 Å². The zero-order valence-corrected chi connectivity index (χ0v) is 13.0. The Bertz CT molecular complexity index is 738. The molecular formula is C15H17NO5S. The van der Waals surface area contributed by atoms with Gasteiger partial charge in [0.1, 0.15) is 18.1 Å². The van der Waals surface area contributed by atoms with Gasteiger partial charge in [0.2, 0.25) is 0 Å². The van der Waals surface area contributed by atoms with Gasteiger partial charge in [0.15, 0.2) is 9.84 Å². The molecular weight excluding hydrogens is 306 g/mol. The van der Waals surface area contributed by atoms with E-state index in [-0.39, 0.29) is 30.1 Å². The second kappa shape index (κ2) is 5.64. The van der Waals surface area contributed by atoms with E-state index in [9.17, 15) is 13.2 Å². The van der Waals surface area contributed by atoms with Crippen molar-refractivity contribution in [1.29, 1.82) is 0 Å². The highest BCUT2D eigenvalue weighted by atomic mass is 32.2. The van der Waals surface area contributed by atoms with Crippen molar-refractivity contribution in [1.82, 2.24) is 5.32 Å². The van der Waals surface area contributed by atoms with Crippen LogP contribution < -0.4 is 14.8 Å². The average Bonchev–Trinajstić information content (AvgIpc) is 2.84. The number of rotatable bonds is 3. The lowest BCUT2D eigenvalue weighted by Gasteiger charge is -2.19. The summed E-state index contributed by atoms with van der Waals surface area (Å²) < 4.78 is 33.6. The normalized spacial score (nSPS) is 22.2. The fraction of sp³-hybridized carbons (Fsp3) is 0.400. The average molecular weight is 323 g/mol. The highest BCUT2D eigenvalue weighted by molar-refractivity contribution is 7.91. The SMILES string of the molecule is COc1ccc2c(c1)C=C(C(=O)N[C@H]1CCS(=O)(=O)C1)CO2. The molecule has 2 heterocycles. The first-order valence-corrected chi connectivity index (χ1v) is 8.82. The van der Waals surface area contributed by atoms with Crippen molar-refractivity contribution in [2.45, 2.75) is 12.5 Å². The van der Waals surface area contributed by atoms with Crippen LogP contribution in [0.1, 0.15) is 12.0 Å². The van der Waals surface area contributed by atoms with Gasteiger partial charge < -0.3 is 14.8 Å². The molecule has 0 spiro atoms. The Morgan fingerprint density at radius 1 is 1.41 bits per heavy atom. The van der Waals surface area contributed by atoms with Gasteiger partial charge in [-0.25, -0.2) is 8.42 Å². The number of hydrogen-bond donors (Lipinski definition) is 1. The van der Waals surface area contributed by atoms with E-state index < -0.39 is 9.84 Å². The van der Waals surface area contributed by atoms with Gasteiger partial charge in [-0.05, 0) is 30.7 Å². The number of fused-ring (bicyclic) bond motifs is 1. The monoisotopic (exact) mass is 323 g/mol. The summed E-state index contributed by atoms with van der Waals surface area (Å²) in [6, 6.07) is 5.07. The molecule has 0 unspecified atom stereocenters. The largest absolute Gasteiger partial charge is 0.497 e. The molecule has 0 aromatic heterocycles. The molecule has 2 aliphatic heterocycles. The van der Waals surface area contributed by atoms with E-state index >= 15 is 0 Å². The number of amides is 1. The first kappa shape index (κ1) is 14.9. The maximum atomic E-state index is 12.2. The van der Waals surface area contributed by atoms with Gasteiger partial charge >= 0.3 is 0 Å². The molecule has 0 radical (unpaired) electrons. The Kier molecular flexibility index (Phi) is 3.82. The predicted molar refractivity (Wildman–Crippen MR) is 81.7 cm³/mol. The molecule has 0 bridgehead atoms. The van der Waals surface area contributed by atoms with Crippen molar-refractivity contribution in [2.75, 3.05) is 25.2 Å². The summed E-state index contributed by atoms with van der Waals surface area (Å²) in [6.45, 7) is 0.171. The summed E-state index contributed by atoms with van der Waals surface area (Å²) >= 11 is 0. The summed E-state index contributed by atoms with van der Waals surface area (Å²) in [5, 5.41) is 2.77. The highest BCUT2D eigenvalue weighted by Gasteiger charge is 2.30. The predicted octanol–water partition coefficient (Wildman–Crippen LogP) is 0.774. The minimum absolute atomic E-state index is 0.0112. The Balaban J connectivity index is 1.74. The molecule has 1 aromatic carbocycles. The topological polar surface area (TPSA) is 81.7 Å². The van der Waals surface area contributed by atoms with Gasteiger partial charge in [0.25, 0.3) is 5.91 Å². The molecule has 1 atom stereocenters. The molecule has 1 aromatic rings. The van der Waals surface area contributed by atoms with Crippen LogP contribution in [0.2, 0.25) is 0 Å². The molecule has 0 aliphatic carbocycles. The lowest BCUT2D eigenvalue weighted by molar-refractivity contribution is -0.118. The number of benzene rings is 1. The van der Waals surface area contributed by atoms with Gasteiger partial charge in [-0.1, -0.05) is 0 Å². The summed E-state index contributed by atoms with van der Waals surface area (Å²) in [5.41, 5.74) is 1.25. The van der Waals surface area contributed by atoms with E-state index in [1.807, 2.05) is 0 Å². The van der Waals surface area contributed by atoms with Crippen molar-refractivity contribution in [3.63, 3.8) is 0 Å². The van der Waals surface area contributed by atoms with Crippen LogP contribution in [0.4, 0.5) is 0 Å². The number of sulfone groups is 1. The minimum atomic E-state index is -3.01. The van der Waals surface area contributed by atoms with E-state index in [1.54, 1.807) is 31.4 Å². The van der Waals surface area contributed by atoms with E-state index in [2.05, 4.69) is 5.32 Å². The van der Waals surface area contributed by atoms with E-state index in [1.165, 1.54) is 0 Å². The number of carbonyl (C=O) groups is 1.